The van der Waals surface area contributed by atoms with Gasteiger partial charge < -0.3 is 8.74 Å². The number of hydrogen-bond donors (Lipinski definition) is 0. The lowest BCUT2D eigenvalue weighted by molar-refractivity contribution is -0.128. The Hall–Kier alpha value is -0.680. The van der Waals surface area contributed by atoms with E-state index >= 15 is 0 Å². The first-order valence-corrected chi connectivity index (χ1v) is 4.15. The molecule has 1 atom stereocenters. The van der Waals surface area contributed by atoms with Gasteiger partial charge in [-0.3, -0.25) is 0 Å². The predicted molar refractivity (Wildman–Crippen MR) is 39.1 cm³/mol. The van der Waals surface area contributed by atoms with Gasteiger partial charge in [-0.25, -0.2) is 9.00 Å². The molecule has 0 amide bonds. The molecule has 0 aromatic heterocycles. The number of allylic oxidation sites excluding steroid dienone is 1. The zero-order valence-electron chi connectivity index (χ0n) is 6.11. The molecule has 5 heteroatoms. The number of carbonyl (C=O) groups is 1. The predicted octanol–water partition coefficient (Wildman–Crippen LogP) is 0.680. The molecule has 0 rings (SSSR count). The fraction of sp³-hybridized carbons (Fsp3) is 0.500. The van der Waals surface area contributed by atoms with Crippen molar-refractivity contribution < 1.29 is 17.7 Å². The van der Waals surface area contributed by atoms with Crippen molar-refractivity contribution in [2.45, 2.75) is 19.8 Å². The van der Waals surface area contributed by atoms with Gasteiger partial charge >= 0.3 is 5.97 Å². The van der Waals surface area contributed by atoms with Gasteiger partial charge in [-0.15, -0.1) is 0 Å². The summed E-state index contributed by atoms with van der Waals surface area (Å²) >= 11 is -2.75. The van der Waals surface area contributed by atoms with Crippen LogP contribution in [-0.4, -0.2) is 14.7 Å². The van der Waals surface area contributed by atoms with Crippen molar-refractivity contribution in [2.24, 2.45) is 0 Å². The Kier molecular flexibility index (Phi) is 5.68. The van der Waals surface area contributed by atoms with Crippen molar-refractivity contribution in [3.63, 3.8) is 0 Å². The largest absolute Gasteiger partial charge is 0.740 e. The number of carbonyl (C=O) groups excluding carboxylic acids is 1. The number of hydrogen-bond acceptors (Lipinski definition) is 4. The van der Waals surface area contributed by atoms with Crippen LogP contribution in [0, 0.1) is 0 Å². The van der Waals surface area contributed by atoms with Gasteiger partial charge in [0.2, 0.25) is 0 Å². The maximum absolute atomic E-state index is 10.4. The van der Waals surface area contributed by atoms with Crippen LogP contribution >= 0.6 is 0 Å². The molecule has 0 aromatic rings. The molecule has 0 aromatic carbocycles. The third kappa shape index (κ3) is 7.21. The minimum absolute atomic E-state index is 0.737. The SMILES string of the molecule is CCCC=CC(=O)OS(=O)[O-]. The third-order valence-corrected chi connectivity index (χ3v) is 1.16. The number of rotatable bonds is 4. The molecule has 0 bridgehead atoms. The van der Waals surface area contributed by atoms with Crippen LogP contribution in [0.4, 0.5) is 0 Å². The molecule has 0 fully saturated rings. The van der Waals surface area contributed by atoms with Gasteiger partial charge in [0, 0.05) is 6.08 Å². The van der Waals surface area contributed by atoms with E-state index in [0.717, 1.165) is 18.9 Å². The average molecular weight is 177 g/mol. The normalized spacial score (nSPS) is 13.3. The van der Waals surface area contributed by atoms with E-state index in [1.54, 1.807) is 6.08 Å². The quantitative estimate of drug-likeness (QED) is 0.468. The van der Waals surface area contributed by atoms with E-state index in [-0.39, 0.29) is 0 Å². The Morgan fingerprint density at radius 2 is 2.36 bits per heavy atom. The van der Waals surface area contributed by atoms with Gasteiger partial charge in [-0.2, -0.15) is 0 Å². The Balaban J connectivity index is 3.60. The van der Waals surface area contributed by atoms with Crippen LogP contribution in [0.3, 0.4) is 0 Å². The standard InChI is InChI=1S/C6H10O4S/c1-2-3-4-5-6(7)10-11(8)9/h4-5H,2-3H2,1H3,(H,8,9)/p-1. The summed E-state index contributed by atoms with van der Waals surface area (Å²) in [4.78, 5) is 10.4. The summed E-state index contributed by atoms with van der Waals surface area (Å²) in [7, 11) is 0. The third-order valence-electron chi connectivity index (χ3n) is 0.859. The van der Waals surface area contributed by atoms with E-state index in [0.29, 0.717) is 0 Å². The lowest BCUT2D eigenvalue weighted by atomic mass is 10.3. The highest BCUT2D eigenvalue weighted by Crippen LogP contribution is 1.90. The molecule has 0 aliphatic carbocycles. The van der Waals surface area contributed by atoms with E-state index in [1.807, 2.05) is 6.92 Å². The zero-order chi connectivity index (χ0) is 8.69. The molecule has 0 N–H and O–H groups in total. The van der Waals surface area contributed by atoms with Crippen molar-refractivity contribution in [2.75, 3.05) is 0 Å². The van der Waals surface area contributed by atoms with Gasteiger partial charge in [0.25, 0.3) is 0 Å². The van der Waals surface area contributed by atoms with Crippen LogP contribution in [0.25, 0.3) is 0 Å². The highest BCUT2D eigenvalue weighted by atomic mass is 32.2. The summed E-state index contributed by atoms with van der Waals surface area (Å²) in [5.41, 5.74) is 0. The molecule has 0 saturated carbocycles. The van der Waals surface area contributed by atoms with E-state index in [4.69, 9.17) is 0 Å². The van der Waals surface area contributed by atoms with Crippen molar-refractivity contribution in [1.82, 2.24) is 0 Å². The van der Waals surface area contributed by atoms with E-state index in [9.17, 15) is 13.6 Å². The van der Waals surface area contributed by atoms with Crippen LogP contribution in [0.5, 0.6) is 0 Å². The molecule has 11 heavy (non-hydrogen) atoms. The van der Waals surface area contributed by atoms with Gasteiger partial charge in [-0.1, -0.05) is 19.4 Å². The minimum Gasteiger partial charge on any atom is -0.740 e. The van der Waals surface area contributed by atoms with Gasteiger partial charge in [0.05, 0.1) is 0 Å². The van der Waals surface area contributed by atoms with Gasteiger partial charge in [0.1, 0.15) is 11.4 Å². The van der Waals surface area contributed by atoms with Crippen LogP contribution in [0.1, 0.15) is 19.8 Å². The Labute approximate surface area is 67.7 Å². The highest BCUT2D eigenvalue weighted by molar-refractivity contribution is 7.74. The second-order valence-electron chi connectivity index (χ2n) is 1.80. The van der Waals surface area contributed by atoms with Crippen LogP contribution in [0.15, 0.2) is 12.2 Å². The maximum atomic E-state index is 10.4. The van der Waals surface area contributed by atoms with Crippen molar-refractivity contribution in [3.05, 3.63) is 12.2 Å². The molecule has 0 saturated heterocycles. The van der Waals surface area contributed by atoms with Crippen LogP contribution in [-0.2, 0) is 20.3 Å². The second kappa shape index (κ2) is 6.06. The Morgan fingerprint density at radius 3 is 2.82 bits per heavy atom. The summed E-state index contributed by atoms with van der Waals surface area (Å²) in [5.74, 6) is -0.855. The average Bonchev–Trinajstić information content (AvgIpc) is 1.86. The Bertz CT molecular complexity index is 175. The zero-order valence-corrected chi connectivity index (χ0v) is 6.93. The lowest BCUT2D eigenvalue weighted by Gasteiger charge is -2.00. The highest BCUT2D eigenvalue weighted by Gasteiger charge is 1.93. The summed E-state index contributed by atoms with van der Waals surface area (Å²) in [6.07, 6.45) is 4.30. The fourth-order valence-corrected chi connectivity index (χ4v) is 0.631. The topological polar surface area (TPSA) is 66.4 Å². The van der Waals surface area contributed by atoms with Gasteiger partial charge in [0.15, 0.2) is 0 Å². The van der Waals surface area contributed by atoms with Crippen molar-refractivity contribution in [3.8, 4) is 0 Å². The van der Waals surface area contributed by atoms with Crippen molar-refractivity contribution in [1.29, 1.82) is 0 Å². The molecule has 0 aliphatic heterocycles. The first kappa shape index (κ1) is 10.3. The van der Waals surface area contributed by atoms with E-state index < -0.39 is 17.3 Å². The van der Waals surface area contributed by atoms with E-state index in [1.165, 1.54) is 0 Å². The molecule has 64 valence electrons. The fourth-order valence-electron chi connectivity index (χ4n) is 0.441. The monoisotopic (exact) mass is 177 g/mol. The van der Waals surface area contributed by atoms with Gasteiger partial charge in [-0.05, 0) is 6.42 Å². The molecule has 0 radical (unpaired) electrons. The van der Waals surface area contributed by atoms with E-state index in [2.05, 4.69) is 4.18 Å². The molecule has 4 nitrogen and oxygen atoms in total. The first-order valence-electron chi connectivity index (χ1n) is 3.15. The van der Waals surface area contributed by atoms with Crippen LogP contribution in [0.2, 0.25) is 0 Å². The maximum Gasteiger partial charge on any atom is 0.343 e. The summed E-state index contributed by atoms with van der Waals surface area (Å²) in [6, 6.07) is 0. The molecular weight excluding hydrogens is 168 g/mol. The smallest absolute Gasteiger partial charge is 0.343 e. The minimum atomic E-state index is -2.75. The summed E-state index contributed by atoms with van der Waals surface area (Å²) < 4.78 is 23.3. The van der Waals surface area contributed by atoms with Crippen LogP contribution < -0.4 is 0 Å². The van der Waals surface area contributed by atoms with Crippen molar-refractivity contribution >= 4 is 17.3 Å². The molecule has 0 spiro atoms. The Morgan fingerprint density at radius 1 is 1.73 bits per heavy atom. The first-order chi connectivity index (χ1) is 5.16. The summed E-state index contributed by atoms with van der Waals surface area (Å²) in [6.45, 7) is 1.95. The molecule has 0 heterocycles. The second-order valence-corrected chi connectivity index (χ2v) is 2.37. The molecular formula is C6H9O4S-. The summed E-state index contributed by atoms with van der Waals surface area (Å²) in [5, 5.41) is 0. The molecule has 1 unspecified atom stereocenters. The molecule has 0 aliphatic rings. The lowest BCUT2D eigenvalue weighted by Crippen LogP contribution is -2.02. The number of unbranched alkanes of at least 4 members (excludes halogenated alkanes) is 1.